The Morgan fingerprint density at radius 2 is 2.11 bits per heavy atom. The molecule has 0 fully saturated rings. The van der Waals surface area contributed by atoms with Crippen LogP contribution in [-0.2, 0) is 0 Å². The minimum Gasteiger partial charge on any atom is -0.398 e. The molecule has 2 aromatic heterocycles. The lowest BCUT2D eigenvalue weighted by atomic mass is 10.1. The van der Waals surface area contributed by atoms with Crippen molar-refractivity contribution in [1.29, 1.82) is 0 Å². The number of nitrogens with zero attached hydrogens (tertiary/aromatic N) is 4. The lowest BCUT2D eigenvalue weighted by molar-refractivity contribution is 0.432. The van der Waals surface area contributed by atoms with Crippen LogP contribution in [0.3, 0.4) is 0 Å². The standard InChI is InChI=1S/C13H11N5O/c1-8-3-2-4-9(14)11(8)13-17-12(18-19-13)10-5-6-15-7-16-10/h2-7H,14H2,1H3. The van der Waals surface area contributed by atoms with E-state index in [4.69, 9.17) is 10.3 Å². The van der Waals surface area contributed by atoms with Crippen molar-refractivity contribution in [2.75, 3.05) is 5.73 Å². The first-order valence-corrected chi connectivity index (χ1v) is 5.71. The Balaban J connectivity index is 2.07. The van der Waals surface area contributed by atoms with Crippen molar-refractivity contribution in [3.05, 3.63) is 42.4 Å². The van der Waals surface area contributed by atoms with E-state index in [0.29, 0.717) is 23.1 Å². The van der Waals surface area contributed by atoms with Crippen molar-refractivity contribution >= 4 is 5.69 Å². The van der Waals surface area contributed by atoms with Gasteiger partial charge in [0.2, 0.25) is 5.82 Å². The van der Waals surface area contributed by atoms with Gasteiger partial charge >= 0.3 is 0 Å². The molecular weight excluding hydrogens is 242 g/mol. The van der Waals surface area contributed by atoms with E-state index >= 15 is 0 Å². The molecule has 0 unspecified atom stereocenters. The highest BCUT2D eigenvalue weighted by Crippen LogP contribution is 2.29. The van der Waals surface area contributed by atoms with Gasteiger partial charge in [-0.1, -0.05) is 17.3 Å². The van der Waals surface area contributed by atoms with Gasteiger partial charge in [-0.3, -0.25) is 0 Å². The number of hydrogen-bond donors (Lipinski definition) is 1. The molecule has 0 atom stereocenters. The van der Waals surface area contributed by atoms with Gasteiger partial charge in [-0.05, 0) is 24.6 Å². The molecule has 0 spiro atoms. The quantitative estimate of drug-likeness (QED) is 0.703. The lowest BCUT2D eigenvalue weighted by Gasteiger charge is -2.03. The molecule has 2 N–H and O–H groups in total. The first-order valence-electron chi connectivity index (χ1n) is 5.71. The van der Waals surface area contributed by atoms with E-state index in [1.165, 1.54) is 6.33 Å². The van der Waals surface area contributed by atoms with Crippen molar-refractivity contribution in [1.82, 2.24) is 20.1 Å². The van der Waals surface area contributed by atoms with Gasteiger partial charge in [0.1, 0.15) is 12.0 Å². The maximum Gasteiger partial charge on any atom is 0.260 e. The molecule has 3 rings (SSSR count). The zero-order chi connectivity index (χ0) is 13.2. The van der Waals surface area contributed by atoms with Gasteiger partial charge in [0, 0.05) is 11.9 Å². The molecule has 6 nitrogen and oxygen atoms in total. The molecule has 0 bridgehead atoms. The topological polar surface area (TPSA) is 90.7 Å². The third-order valence-corrected chi connectivity index (χ3v) is 2.76. The molecule has 3 aromatic rings. The van der Waals surface area contributed by atoms with E-state index in [2.05, 4.69) is 20.1 Å². The largest absolute Gasteiger partial charge is 0.398 e. The number of benzene rings is 1. The van der Waals surface area contributed by atoms with Gasteiger partial charge in [-0.2, -0.15) is 4.98 Å². The van der Waals surface area contributed by atoms with E-state index < -0.39 is 0 Å². The fraction of sp³-hybridized carbons (Fsp3) is 0.0769. The maximum absolute atomic E-state index is 5.95. The van der Waals surface area contributed by atoms with E-state index in [1.54, 1.807) is 18.3 Å². The number of rotatable bonds is 2. The van der Waals surface area contributed by atoms with Crippen LogP contribution in [0.15, 0.2) is 41.3 Å². The summed E-state index contributed by atoms with van der Waals surface area (Å²) in [4.78, 5) is 12.2. The lowest BCUT2D eigenvalue weighted by Crippen LogP contribution is -1.93. The fourth-order valence-corrected chi connectivity index (χ4v) is 1.83. The van der Waals surface area contributed by atoms with Crippen molar-refractivity contribution in [2.45, 2.75) is 6.92 Å². The average Bonchev–Trinajstić information content (AvgIpc) is 2.89. The number of hydrogen-bond acceptors (Lipinski definition) is 6. The minimum atomic E-state index is 0.393. The van der Waals surface area contributed by atoms with Crippen LogP contribution in [0.25, 0.3) is 23.0 Å². The fourth-order valence-electron chi connectivity index (χ4n) is 1.83. The summed E-state index contributed by atoms with van der Waals surface area (Å²) in [5, 5.41) is 3.91. The first-order chi connectivity index (χ1) is 9.25. The van der Waals surface area contributed by atoms with Crippen molar-refractivity contribution in [3.8, 4) is 23.0 Å². The maximum atomic E-state index is 5.95. The number of nitrogens with two attached hydrogens (primary N) is 1. The molecule has 0 aliphatic carbocycles. The van der Waals surface area contributed by atoms with E-state index in [-0.39, 0.29) is 0 Å². The van der Waals surface area contributed by atoms with Crippen LogP contribution in [0.2, 0.25) is 0 Å². The Morgan fingerprint density at radius 1 is 1.21 bits per heavy atom. The summed E-state index contributed by atoms with van der Waals surface area (Å²) in [7, 11) is 0. The Morgan fingerprint density at radius 3 is 2.84 bits per heavy atom. The average molecular weight is 253 g/mol. The highest BCUT2D eigenvalue weighted by atomic mass is 16.5. The molecule has 1 aromatic carbocycles. The second-order valence-electron chi connectivity index (χ2n) is 4.06. The molecule has 2 heterocycles. The van der Waals surface area contributed by atoms with E-state index in [0.717, 1.165) is 11.1 Å². The van der Waals surface area contributed by atoms with Crippen LogP contribution in [0, 0.1) is 6.92 Å². The van der Waals surface area contributed by atoms with Gasteiger partial charge in [0.15, 0.2) is 0 Å². The third-order valence-electron chi connectivity index (χ3n) is 2.76. The highest BCUT2D eigenvalue weighted by Gasteiger charge is 2.15. The van der Waals surface area contributed by atoms with Gasteiger partial charge in [0.05, 0.1) is 5.56 Å². The summed E-state index contributed by atoms with van der Waals surface area (Å²) in [6.07, 6.45) is 3.06. The van der Waals surface area contributed by atoms with Crippen LogP contribution >= 0.6 is 0 Å². The highest BCUT2D eigenvalue weighted by molar-refractivity contribution is 5.74. The number of anilines is 1. The SMILES string of the molecule is Cc1cccc(N)c1-c1nc(-c2ccncn2)no1. The van der Waals surface area contributed by atoms with Gasteiger partial charge in [-0.25, -0.2) is 9.97 Å². The van der Waals surface area contributed by atoms with E-state index in [1.807, 2.05) is 19.1 Å². The number of nitrogen functional groups attached to an aromatic ring is 1. The predicted molar refractivity (Wildman–Crippen MR) is 69.9 cm³/mol. The molecule has 0 radical (unpaired) electrons. The van der Waals surface area contributed by atoms with Crippen molar-refractivity contribution in [3.63, 3.8) is 0 Å². The molecule has 6 heteroatoms. The molecule has 94 valence electrons. The predicted octanol–water partition coefficient (Wildman–Crippen LogP) is 2.08. The molecule has 0 aliphatic heterocycles. The zero-order valence-corrected chi connectivity index (χ0v) is 10.2. The van der Waals surface area contributed by atoms with Crippen molar-refractivity contribution in [2.24, 2.45) is 0 Å². The molecular formula is C13H11N5O. The van der Waals surface area contributed by atoms with Crippen LogP contribution in [0.4, 0.5) is 5.69 Å². The van der Waals surface area contributed by atoms with Crippen molar-refractivity contribution < 1.29 is 4.52 Å². The summed E-state index contributed by atoms with van der Waals surface area (Å²) in [5.41, 5.74) is 8.91. The second kappa shape index (κ2) is 4.49. The van der Waals surface area contributed by atoms with Crippen LogP contribution in [0.5, 0.6) is 0 Å². The molecule has 0 saturated heterocycles. The summed E-state index contributed by atoms with van der Waals surface area (Å²) in [6.45, 7) is 1.94. The number of aryl methyl sites for hydroxylation is 1. The van der Waals surface area contributed by atoms with Crippen LogP contribution < -0.4 is 5.73 Å². The Labute approximate surface area is 109 Å². The van der Waals surface area contributed by atoms with E-state index in [9.17, 15) is 0 Å². The second-order valence-corrected chi connectivity index (χ2v) is 4.06. The molecule has 0 amide bonds. The summed E-state index contributed by atoms with van der Waals surface area (Å²) in [5.74, 6) is 0.810. The molecule has 0 saturated carbocycles. The third kappa shape index (κ3) is 2.03. The minimum absolute atomic E-state index is 0.393. The summed E-state index contributed by atoms with van der Waals surface area (Å²) >= 11 is 0. The normalized spacial score (nSPS) is 10.6. The van der Waals surface area contributed by atoms with Gasteiger partial charge in [-0.15, -0.1) is 0 Å². The van der Waals surface area contributed by atoms with Gasteiger partial charge in [0.25, 0.3) is 5.89 Å². The molecule has 19 heavy (non-hydrogen) atoms. The van der Waals surface area contributed by atoms with Crippen LogP contribution in [0.1, 0.15) is 5.56 Å². The Bertz CT molecular complexity index is 688. The molecule has 0 aliphatic rings. The first kappa shape index (κ1) is 11.3. The monoisotopic (exact) mass is 253 g/mol. The summed E-state index contributed by atoms with van der Waals surface area (Å²) in [6, 6.07) is 7.35. The summed E-state index contributed by atoms with van der Waals surface area (Å²) < 4.78 is 5.27. The number of aromatic nitrogens is 4. The zero-order valence-electron chi connectivity index (χ0n) is 10.2. The van der Waals surface area contributed by atoms with Crippen LogP contribution in [-0.4, -0.2) is 20.1 Å². The Kier molecular flexibility index (Phi) is 2.68. The Hall–Kier alpha value is -2.76. The smallest absolute Gasteiger partial charge is 0.260 e. The van der Waals surface area contributed by atoms with Gasteiger partial charge < -0.3 is 10.3 Å².